The summed E-state index contributed by atoms with van der Waals surface area (Å²) >= 11 is 0. The van der Waals surface area contributed by atoms with E-state index >= 15 is 0 Å². The summed E-state index contributed by atoms with van der Waals surface area (Å²) in [5.41, 5.74) is 2.77. The van der Waals surface area contributed by atoms with Gasteiger partial charge in [0.05, 0.1) is 0 Å². The van der Waals surface area contributed by atoms with Crippen LogP contribution >= 0.6 is 0 Å². The van der Waals surface area contributed by atoms with Gasteiger partial charge >= 0.3 is 0 Å². The lowest BCUT2D eigenvalue weighted by Crippen LogP contribution is -2.43. The van der Waals surface area contributed by atoms with Crippen LogP contribution in [-0.4, -0.2) is 39.3 Å². The molecular weight excluding hydrogens is 222 g/mol. The molecule has 1 aromatic carbocycles. The molecule has 0 saturated carbocycles. The number of piperidine rings is 1. The summed E-state index contributed by atoms with van der Waals surface area (Å²) < 4.78 is 0. The number of anilines is 2. The quantitative estimate of drug-likeness (QED) is 0.860. The number of nitrogens with one attached hydrogen (secondary N) is 1. The standard InChI is InChI=1S/C15H23N3/c1-2-10-17(11-3-1)14-4-6-15(7-5-14)18-12-8-16-9-13-18/h4-7,16H,1-3,8-13H2. The Hall–Kier alpha value is -1.22. The largest absolute Gasteiger partial charge is 0.372 e. The molecule has 0 atom stereocenters. The van der Waals surface area contributed by atoms with Crippen molar-refractivity contribution in [2.24, 2.45) is 0 Å². The Morgan fingerprint density at radius 2 is 1.17 bits per heavy atom. The second-order valence-corrected chi connectivity index (χ2v) is 5.30. The highest BCUT2D eigenvalue weighted by Gasteiger charge is 2.13. The van der Waals surface area contributed by atoms with Crippen molar-refractivity contribution in [1.29, 1.82) is 0 Å². The third kappa shape index (κ3) is 2.61. The van der Waals surface area contributed by atoms with Gasteiger partial charge in [0.1, 0.15) is 0 Å². The van der Waals surface area contributed by atoms with Crippen LogP contribution in [0.5, 0.6) is 0 Å². The number of piperazine rings is 1. The molecule has 18 heavy (non-hydrogen) atoms. The van der Waals surface area contributed by atoms with E-state index in [1.54, 1.807) is 0 Å². The fraction of sp³-hybridized carbons (Fsp3) is 0.600. The Bertz CT molecular complexity index is 325. The molecule has 2 heterocycles. The minimum atomic E-state index is 1.11. The van der Waals surface area contributed by atoms with Crippen LogP contribution < -0.4 is 15.1 Å². The van der Waals surface area contributed by atoms with Crippen LogP contribution in [0.15, 0.2) is 24.3 Å². The monoisotopic (exact) mass is 245 g/mol. The number of hydrogen-bond acceptors (Lipinski definition) is 3. The minimum absolute atomic E-state index is 1.11. The Morgan fingerprint density at radius 1 is 0.667 bits per heavy atom. The first-order valence-electron chi connectivity index (χ1n) is 7.24. The smallest absolute Gasteiger partial charge is 0.0368 e. The molecular formula is C15H23N3. The Labute approximate surface area is 110 Å². The van der Waals surface area contributed by atoms with Crippen LogP contribution in [0, 0.1) is 0 Å². The van der Waals surface area contributed by atoms with Crippen molar-refractivity contribution in [1.82, 2.24) is 5.32 Å². The maximum absolute atomic E-state index is 3.40. The molecule has 0 spiro atoms. The van der Waals surface area contributed by atoms with Gasteiger partial charge in [0.15, 0.2) is 0 Å². The van der Waals surface area contributed by atoms with Crippen LogP contribution in [-0.2, 0) is 0 Å². The van der Waals surface area contributed by atoms with Crippen molar-refractivity contribution in [3.05, 3.63) is 24.3 Å². The molecule has 3 nitrogen and oxygen atoms in total. The first-order chi connectivity index (χ1) is 8.93. The van der Waals surface area contributed by atoms with Gasteiger partial charge in [-0.15, -0.1) is 0 Å². The molecule has 0 bridgehead atoms. The van der Waals surface area contributed by atoms with Crippen LogP contribution in [0.3, 0.4) is 0 Å². The van der Waals surface area contributed by atoms with E-state index in [-0.39, 0.29) is 0 Å². The van der Waals surface area contributed by atoms with Crippen molar-refractivity contribution in [2.45, 2.75) is 19.3 Å². The van der Waals surface area contributed by atoms with Crippen molar-refractivity contribution < 1.29 is 0 Å². The number of hydrogen-bond donors (Lipinski definition) is 1. The zero-order valence-electron chi connectivity index (χ0n) is 11.1. The number of nitrogens with zero attached hydrogens (tertiary/aromatic N) is 2. The van der Waals surface area contributed by atoms with Crippen molar-refractivity contribution in [3.8, 4) is 0 Å². The predicted molar refractivity (Wildman–Crippen MR) is 77.6 cm³/mol. The SMILES string of the molecule is c1cc(N2CCNCC2)ccc1N1CCCCC1. The summed E-state index contributed by atoms with van der Waals surface area (Å²) in [6.07, 6.45) is 4.09. The van der Waals surface area contributed by atoms with Gasteiger partial charge in [0, 0.05) is 50.6 Å². The van der Waals surface area contributed by atoms with Crippen LogP contribution in [0.2, 0.25) is 0 Å². The van der Waals surface area contributed by atoms with Crippen LogP contribution in [0.1, 0.15) is 19.3 Å². The normalized spacial score (nSPS) is 21.1. The average molecular weight is 245 g/mol. The Balaban J connectivity index is 1.67. The Kier molecular flexibility index (Phi) is 3.69. The van der Waals surface area contributed by atoms with Gasteiger partial charge in [0.25, 0.3) is 0 Å². The van der Waals surface area contributed by atoms with E-state index < -0.39 is 0 Å². The lowest BCUT2D eigenvalue weighted by molar-refractivity contribution is 0.577. The summed E-state index contributed by atoms with van der Waals surface area (Å²) in [6, 6.07) is 9.16. The van der Waals surface area contributed by atoms with E-state index in [0.29, 0.717) is 0 Å². The fourth-order valence-electron chi connectivity index (χ4n) is 2.95. The predicted octanol–water partition coefficient (Wildman–Crippen LogP) is 2.09. The number of rotatable bonds is 2. The maximum Gasteiger partial charge on any atom is 0.0368 e. The molecule has 98 valence electrons. The second kappa shape index (κ2) is 5.61. The van der Waals surface area contributed by atoms with Gasteiger partial charge in [-0.1, -0.05) is 0 Å². The van der Waals surface area contributed by atoms with E-state index in [9.17, 15) is 0 Å². The molecule has 1 aromatic rings. The van der Waals surface area contributed by atoms with E-state index in [4.69, 9.17) is 0 Å². The molecule has 0 aliphatic carbocycles. The second-order valence-electron chi connectivity index (χ2n) is 5.30. The van der Waals surface area contributed by atoms with Gasteiger partial charge in [-0.3, -0.25) is 0 Å². The fourth-order valence-corrected chi connectivity index (χ4v) is 2.95. The molecule has 2 aliphatic rings. The molecule has 3 rings (SSSR count). The van der Waals surface area contributed by atoms with Crippen molar-refractivity contribution in [2.75, 3.05) is 49.1 Å². The molecule has 2 aliphatic heterocycles. The summed E-state index contributed by atoms with van der Waals surface area (Å²) in [5.74, 6) is 0. The van der Waals surface area contributed by atoms with E-state index in [2.05, 4.69) is 39.4 Å². The highest BCUT2D eigenvalue weighted by atomic mass is 15.2. The molecule has 2 saturated heterocycles. The van der Waals surface area contributed by atoms with Crippen molar-refractivity contribution >= 4 is 11.4 Å². The lowest BCUT2D eigenvalue weighted by Gasteiger charge is -2.31. The summed E-state index contributed by atoms with van der Waals surface area (Å²) in [6.45, 7) is 6.92. The zero-order chi connectivity index (χ0) is 12.2. The molecule has 2 fully saturated rings. The maximum atomic E-state index is 3.40. The molecule has 0 radical (unpaired) electrons. The Morgan fingerprint density at radius 3 is 1.72 bits per heavy atom. The highest BCUT2D eigenvalue weighted by Crippen LogP contribution is 2.23. The first kappa shape index (κ1) is 11.8. The van der Waals surface area contributed by atoms with Gasteiger partial charge in [-0.25, -0.2) is 0 Å². The molecule has 0 aromatic heterocycles. The third-order valence-electron chi connectivity index (χ3n) is 4.05. The zero-order valence-corrected chi connectivity index (χ0v) is 11.1. The van der Waals surface area contributed by atoms with Gasteiger partial charge in [-0.05, 0) is 43.5 Å². The third-order valence-corrected chi connectivity index (χ3v) is 4.05. The van der Waals surface area contributed by atoms with E-state index in [1.807, 2.05) is 0 Å². The van der Waals surface area contributed by atoms with Gasteiger partial charge in [-0.2, -0.15) is 0 Å². The van der Waals surface area contributed by atoms with Crippen molar-refractivity contribution in [3.63, 3.8) is 0 Å². The topological polar surface area (TPSA) is 18.5 Å². The summed E-state index contributed by atoms with van der Waals surface area (Å²) in [7, 11) is 0. The average Bonchev–Trinajstić information content (AvgIpc) is 2.49. The molecule has 1 N–H and O–H groups in total. The van der Waals surface area contributed by atoms with Crippen LogP contribution in [0.25, 0.3) is 0 Å². The highest BCUT2D eigenvalue weighted by molar-refractivity contribution is 5.56. The summed E-state index contributed by atoms with van der Waals surface area (Å²) in [4.78, 5) is 4.99. The molecule has 3 heteroatoms. The summed E-state index contributed by atoms with van der Waals surface area (Å²) in [5, 5.41) is 3.40. The van der Waals surface area contributed by atoms with Gasteiger partial charge < -0.3 is 15.1 Å². The lowest BCUT2D eigenvalue weighted by atomic mass is 10.1. The number of benzene rings is 1. The van der Waals surface area contributed by atoms with Crippen LogP contribution in [0.4, 0.5) is 11.4 Å². The van der Waals surface area contributed by atoms with Gasteiger partial charge in [0.2, 0.25) is 0 Å². The van der Waals surface area contributed by atoms with E-state index in [0.717, 1.165) is 26.2 Å². The molecule has 0 unspecified atom stereocenters. The molecule has 0 amide bonds. The van der Waals surface area contributed by atoms with E-state index in [1.165, 1.54) is 43.7 Å². The minimum Gasteiger partial charge on any atom is -0.372 e. The first-order valence-corrected chi connectivity index (χ1v) is 7.24.